The molecular weight excluding hydrogens is 225 g/mol. The highest BCUT2D eigenvalue weighted by molar-refractivity contribution is 5.46. The zero-order chi connectivity index (χ0) is 12.3. The van der Waals surface area contributed by atoms with Crippen LogP contribution in [0.3, 0.4) is 0 Å². The van der Waals surface area contributed by atoms with E-state index in [0.29, 0.717) is 5.56 Å². The van der Waals surface area contributed by atoms with Crippen molar-refractivity contribution < 1.29 is 17.9 Å². The van der Waals surface area contributed by atoms with E-state index < -0.39 is 12.3 Å². The number of nitrogen functional groups attached to an aromatic ring is 1. The molecule has 0 aromatic carbocycles. The van der Waals surface area contributed by atoms with E-state index in [1.165, 1.54) is 6.92 Å². The van der Waals surface area contributed by atoms with E-state index in [4.69, 9.17) is 5.84 Å². The van der Waals surface area contributed by atoms with Crippen molar-refractivity contribution in [2.45, 2.75) is 26.1 Å². The summed E-state index contributed by atoms with van der Waals surface area (Å²) >= 11 is 0. The number of hydrazine groups is 1. The van der Waals surface area contributed by atoms with Gasteiger partial charge >= 0.3 is 6.18 Å². The lowest BCUT2D eigenvalue weighted by atomic mass is 10.3. The smallest absolute Gasteiger partial charge is 0.425 e. The van der Waals surface area contributed by atoms with Crippen molar-refractivity contribution in [2.75, 3.05) is 5.43 Å². The van der Waals surface area contributed by atoms with Gasteiger partial charge < -0.3 is 10.2 Å². The molecule has 8 heteroatoms. The topological polar surface area (TPSA) is 73.1 Å². The van der Waals surface area contributed by atoms with Gasteiger partial charge in [-0.15, -0.1) is 0 Å². The standard InChI is InChI=1S/C8H11F3N4O/c1-4-6(15-12)13-3-14-7(4)16-5(2)8(9,10)11/h3,5H,12H2,1-2H3,(H,13,14,15). The third kappa shape index (κ3) is 2.72. The molecule has 90 valence electrons. The van der Waals surface area contributed by atoms with E-state index in [2.05, 4.69) is 20.1 Å². The lowest BCUT2D eigenvalue weighted by molar-refractivity contribution is -0.190. The van der Waals surface area contributed by atoms with E-state index in [1.54, 1.807) is 0 Å². The van der Waals surface area contributed by atoms with Crippen molar-refractivity contribution in [3.63, 3.8) is 0 Å². The van der Waals surface area contributed by atoms with Gasteiger partial charge in [-0.25, -0.2) is 15.8 Å². The Labute approximate surface area is 89.8 Å². The number of nitrogens with one attached hydrogen (secondary N) is 1. The molecule has 16 heavy (non-hydrogen) atoms. The molecule has 0 aliphatic rings. The minimum Gasteiger partial charge on any atom is -0.465 e. The molecule has 1 atom stereocenters. The first-order valence-electron chi connectivity index (χ1n) is 4.38. The Balaban J connectivity index is 2.90. The molecular formula is C8H11F3N4O. The fraction of sp³-hybridized carbons (Fsp3) is 0.500. The molecule has 0 spiro atoms. The van der Waals surface area contributed by atoms with Crippen molar-refractivity contribution in [2.24, 2.45) is 5.84 Å². The van der Waals surface area contributed by atoms with Gasteiger partial charge in [0.1, 0.15) is 12.1 Å². The molecule has 5 nitrogen and oxygen atoms in total. The molecule has 0 aliphatic carbocycles. The Morgan fingerprint density at radius 1 is 1.44 bits per heavy atom. The van der Waals surface area contributed by atoms with Crippen LogP contribution >= 0.6 is 0 Å². The first-order chi connectivity index (χ1) is 7.36. The Hall–Kier alpha value is -1.57. The Morgan fingerprint density at radius 3 is 2.56 bits per heavy atom. The number of ether oxygens (including phenoxy) is 1. The molecule has 0 saturated heterocycles. The largest absolute Gasteiger partial charge is 0.465 e. The summed E-state index contributed by atoms with van der Waals surface area (Å²) in [5.41, 5.74) is 2.56. The maximum atomic E-state index is 12.2. The second kappa shape index (κ2) is 4.52. The van der Waals surface area contributed by atoms with Gasteiger partial charge in [-0.3, -0.25) is 0 Å². The number of rotatable bonds is 3. The van der Waals surface area contributed by atoms with Crippen LogP contribution in [0.25, 0.3) is 0 Å². The molecule has 1 rings (SSSR count). The highest BCUT2D eigenvalue weighted by Gasteiger charge is 2.38. The van der Waals surface area contributed by atoms with E-state index in [9.17, 15) is 13.2 Å². The summed E-state index contributed by atoms with van der Waals surface area (Å²) in [6.45, 7) is 2.41. The van der Waals surface area contributed by atoms with Crippen molar-refractivity contribution in [3.05, 3.63) is 11.9 Å². The van der Waals surface area contributed by atoms with E-state index >= 15 is 0 Å². The van der Waals surface area contributed by atoms with E-state index in [-0.39, 0.29) is 11.7 Å². The average molecular weight is 236 g/mol. The summed E-state index contributed by atoms with van der Waals surface area (Å²) in [6, 6.07) is 0. The summed E-state index contributed by atoms with van der Waals surface area (Å²) in [4.78, 5) is 7.33. The average Bonchev–Trinajstić information content (AvgIpc) is 2.19. The number of hydrogen-bond donors (Lipinski definition) is 2. The minimum atomic E-state index is -4.44. The summed E-state index contributed by atoms with van der Waals surface area (Å²) in [7, 11) is 0. The molecule has 1 unspecified atom stereocenters. The molecule has 3 N–H and O–H groups in total. The molecule has 1 aromatic heterocycles. The predicted octanol–water partition coefficient (Wildman–Crippen LogP) is 1.40. The van der Waals surface area contributed by atoms with Crippen LogP contribution in [0.2, 0.25) is 0 Å². The lowest BCUT2D eigenvalue weighted by Crippen LogP contribution is -2.31. The molecule has 1 heterocycles. The molecule has 0 aliphatic heterocycles. The van der Waals surface area contributed by atoms with Gasteiger partial charge in [0.15, 0.2) is 6.10 Å². The fourth-order valence-corrected chi connectivity index (χ4v) is 0.933. The van der Waals surface area contributed by atoms with Crippen LogP contribution in [-0.4, -0.2) is 22.2 Å². The Morgan fingerprint density at radius 2 is 2.06 bits per heavy atom. The SMILES string of the molecule is Cc1c(NN)ncnc1OC(C)C(F)(F)F. The van der Waals surface area contributed by atoms with E-state index in [0.717, 1.165) is 13.3 Å². The summed E-state index contributed by atoms with van der Waals surface area (Å²) in [5, 5.41) is 0. The van der Waals surface area contributed by atoms with Crippen molar-refractivity contribution in [3.8, 4) is 5.88 Å². The van der Waals surface area contributed by atoms with Gasteiger partial charge in [-0.05, 0) is 13.8 Å². The quantitative estimate of drug-likeness (QED) is 0.613. The first kappa shape index (κ1) is 12.5. The molecule has 0 fully saturated rings. The second-order valence-corrected chi connectivity index (χ2v) is 3.10. The van der Waals surface area contributed by atoms with Crippen molar-refractivity contribution >= 4 is 5.82 Å². The Bertz CT molecular complexity index is 369. The number of anilines is 1. The van der Waals surface area contributed by atoms with E-state index in [1.807, 2.05) is 0 Å². The van der Waals surface area contributed by atoms with Gasteiger partial charge in [-0.1, -0.05) is 0 Å². The number of nitrogens with two attached hydrogens (primary N) is 1. The van der Waals surface area contributed by atoms with Crippen LogP contribution in [0, 0.1) is 6.92 Å². The summed E-state index contributed by atoms with van der Waals surface area (Å²) in [6.07, 6.45) is -5.30. The Kier molecular flexibility index (Phi) is 3.53. The molecule has 0 radical (unpaired) electrons. The zero-order valence-electron chi connectivity index (χ0n) is 8.67. The van der Waals surface area contributed by atoms with Crippen LogP contribution in [-0.2, 0) is 0 Å². The van der Waals surface area contributed by atoms with Gasteiger partial charge in [0.2, 0.25) is 5.88 Å². The highest BCUT2D eigenvalue weighted by Crippen LogP contribution is 2.27. The number of halogens is 3. The summed E-state index contributed by atoms with van der Waals surface area (Å²) in [5.74, 6) is 5.19. The molecule has 1 aromatic rings. The maximum absolute atomic E-state index is 12.2. The third-order valence-electron chi connectivity index (χ3n) is 1.92. The van der Waals surface area contributed by atoms with Crippen LogP contribution in [0.1, 0.15) is 12.5 Å². The van der Waals surface area contributed by atoms with Crippen molar-refractivity contribution in [1.82, 2.24) is 9.97 Å². The third-order valence-corrected chi connectivity index (χ3v) is 1.92. The zero-order valence-corrected chi connectivity index (χ0v) is 8.67. The highest BCUT2D eigenvalue weighted by atomic mass is 19.4. The minimum absolute atomic E-state index is 0.146. The van der Waals surface area contributed by atoms with Crippen LogP contribution in [0.15, 0.2) is 6.33 Å². The molecule has 0 amide bonds. The monoisotopic (exact) mass is 236 g/mol. The number of alkyl halides is 3. The molecule has 0 saturated carbocycles. The summed E-state index contributed by atoms with van der Waals surface area (Å²) < 4.78 is 41.4. The van der Waals surface area contributed by atoms with Crippen LogP contribution in [0.4, 0.5) is 19.0 Å². The van der Waals surface area contributed by atoms with Gasteiger partial charge in [0.05, 0.1) is 5.56 Å². The van der Waals surface area contributed by atoms with Gasteiger partial charge in [-0.2, -0.15) is 13.2 Å². The number of aromatic nitrogens is 2. The maximum Gasteiger partial charge on any atom is 0.425 e. The van der Waals surface area contributed by atoms with Crippen LogP contribution in [0.5, 0.6) is 5.88 Å². The van der Waals surface area contributed by atoms with Crippen molar-refractivity contribution in [1.29, 1.82) is 0 Å². The normalized spacial score (nSPS) is 13.4. The predicted molar refractivity (Wildman–Crippen MR) is 50.7 cm³/mol. The van der Waals surface area contributed by atoms with Gasteiger partial charge in [0.25, 0.3) is 0 Å². The number of hydrogen-bond acceptors (Lipinski definition) is 5. The van der Waals surface area contributed by atoms with Crippen LogP contribution < -0.4 is 16.0 Å². The fourth-order valence-electron chi connectivity index (χ4n) is 0.933. The first-order valence-corrected chi connectivity index (χ1v) is 4.38. The van der Waals surface area contributed by atoms with Gasteiger partial charge in [0, 0.05) is 0 Å². The second-order valence-electron chi connectivity index (χ2n) is 3.10. The molecule has 0 bridgehead atoms. The number of nitrogens with zero attached hydrogens (tertiary/aromatic N) is 2. The lowest BCUT2D eigenvalue weighted by Gasteiger charge is -2.18.